The fourth-order valence-electron chi connectivity index (χ4n) is 2.58. The third-order valence-corrected chi connectivity index (χ3v) is 3.85. The Labute approximate surface area is 106 Å². The predicted molar refractivity (Wildman–Crippen MR) is 72.2 cm³/mol. The number of rotatable bonds is 6. The molecule has 1 fully saturated rings. The average Bonchev–Trinajstić information content (AvgIpc) is 2.26. The minimum Gasteiger partial charge on any atom is -0.385 e. The zero-order chi connectivity index (χ0) is 12.8. The van der Waals surface area contributed by atoms with Crippen LogP contribution in [0.4, 0.5) is 0 Å². The maximum Gasteiger partial charge on any atom is 0.0462 e. The van der Waals surface area contributed by atoms with Crippen LogP contribution >= 0.6 is 0 Å². The standard InChI is InChI=1S/C13H29N3O/c1-11-8-16(9-12(2)15(11)3)10-13(14)6-5-7-17-4/h11-13H,5-10,14H2,1-4H3. The van der Waals surface area contributed by atoms with Crippen molar-refractivity contribution in [1.29, 1.82) is 0 Å². The molecule has 0 aromatic rings. The quantitative estimate of drug-likeness (QED) is 0.700. The second kappa shape index (κ2) is 7.31. The minimum atomic E-state index is 0.285. The number of hydrogen-bond acceptors (Lipinski definition) is 4. The summed E-state index contributed by atoms with van der Waals surface area (Å²) in [6, 6.07) is 1.54. The first-order valence-corrected chi connectivity index (χ1v) is 6.73. The average molecular weight is 243 g/mol. The van der Waals surface area contributed by atoms with Gasteiger partial charge in [0.25, 0.3) is 0 Å². The van der Waals surface area contributed by atoms with Gasteiger partial charge in [-0.2, -0.15) is 0 Å². The van der Waals surface area contributed by atoms with E-state index in [9.17, 15) is 0 Å². The highest BCUT2D eigenvalue weighted by Crippen LogP contribution is 2.13. The fourth-order valence-corrected chi connectivity index (χ4v) is 2.58. The Bertz CT molecular complexity index is 201. The summed E-state index contributed by atoms with van der Waals surface area (Å²) in [5.41, 5.74) is 6.16. The Kier molecular flexibility index (Phi) is 6.41. The van der Waals surface area contributed by atoms with E-state index in [1.165, 1.54) is 0 Å². The van der Waals surface area contributed by atoms with Gasteiger partial charge < -0.3 is 10.5 Å². The molecule has 4 nitrogen and oxygen atoms in total. The van der Waals surface area contributed by atoms with Crippen molar-refractivity contribution in [3.63, 3.8) is 0 Å². The molecule has 4 heteroatoms. The molecule has 3 unspecified atom stereocenters. The maximum atomic E-state index is 6.16. The third-order valence-electron chi connectivity index (χ3n) is 3.85. The van der Waals surface area contributed by atoms with Crippen LogP contribution in [0.5, 0.6) is 0 Å². The monoisotopic (exact) mass is 243 g/mol. The lowest BCUT2D eigenvalue weighted by Gasteiger charge is -2.43. The lowest BCUT2D eigenvalue weighted by atomic mass is 10.1. The van der Waals surface area contributed by atoms with E-state index in [1.807, 2.05) is 0 Å². The van der Waals surface area contributed by atoms with Gasteiger partial charge in [-0.1, -0.05) is 0 Å². The molecule has 0 aromatic heterocycles. The van der Waals surface area contributed by atoms with E-state index in [0.717, 1.165) is 39.1 Å². The largest absolute Gasteiger partial charge is 0.385 e. The van der Waals surface area contributed by atoms with Gasteiger partial charge >= 0.3 is 0 Å². The zero-order valence-electron chi connectivity index (χ0n) is 11.9. The molecule has 17 heavy (non-hydrogen) atoms. The lowest BCUT2D eigenvalue weighted by Crippen LogP contribution is -2.56. The normalized spacial score (nSPS) is 29.5. The summed E-state index contributed by atoms with van der Waals surface area (Å²) in [5.74, 6) is 0. The lowest BCUT2D eigenvalue weighted by molar-refractivity contribution is 0.0556. The van der Waals surface area contributed by atoms with E-state index in [1.54, 1.807) is 7.11 Å². The molecule has 0 bridgehead atoms. The molecule has 102 valence electrons. The Morgan fingerprint density at radius 2 is 1.88 bits per heavy atom. The highest BCUT2D eigenvalue weighted by molar-refractivity contribution is 4.84. The first kappa shape index (κ1) is 14.9. The fraction of sp³-hybridized carbons (Fsp3) is 1.00. The van der Waals surface area contributed by atoms with Crippen LogP contribution in [0, 0.1) is 0 Å². The molecule has 0 aromatic carbocycles. The van der Waals surface area contributed by atoms with Crippen LogP contribution in [0.15, 0.2) is 0 Å². The van der Waals surface area contributed by atoms with E-state index in [0.29, 0.717) is 12.1 Å². The van der Waals surface area contributed by atoms with Crippen LogP contribution in [-0.2, 0) is 4.74 Å². The second-order valence-corrected chi connectivity index (χ2v) is 5.48. The Hall–Kier alpha value is -0.160. The molecule has 3 atom stereocenters. The van der Waals surface area contributed by atoms with Crippen LogP contribution in [0.3, 0.4) is 0 Å². The summed E-state index contributed by atoms with van der Waals surface area (Å²) in [6.07, 6.45) is 2.12. The summed E-state index contributed by atoms with van der Waals surface area (Å²) in [5, 5.41) is 0. The molecule has 1 aliphatic rings. The van der Waals surface area contributed by atoms with E-state index >= 15 is 0 Å². The molecular weight excluding hydrogens is 214 g/mol. The summed E-state index contributed by atoms with van der Waals surface area (Å²) in [7, 11) is 3.96. The second-order valence-electron chi connectivity index (χ2n) is 5.48. The molecule has 1 saturated heterocycles. The van der Waals surface area contributed by atoms with Gasteiger partial charge in [0, 0.05) is 51.5 Å². The Balaban J connectivity index is 2.26. The molecule has 0 spiro atoms. The van der Waals surface area contributed by atoms with E-state index in [-0.39, 0.29) is 6.04 Å². The van der Waals surface area contributed by atoms with Crippen molar-refractivity contribution in [2.24, 2.45) is 5.73 Å². The van der Waals surface area contributed by atoms with Gasteiger partial charge in [-0.15, -0.1) is 0 Å². The molecule has 1 aliphatic heterocycles. The summed E-state index contributed by atoms with van der Waals surface area (Å²) < 4.78 is 5.05. The maximum absolute atomic E-state index is 6.16. The number of hydrogen-bond donors (Lipinski definition) is 1. The number of ether oxygens (including phenoxy) is 1. The zero-order valence-corrected chi connectivity index (χ0v) is 11.9. The van der Waals surface area contributed by atoms with Gasteiger partial charge in [-0.05, 0) is 33.7 Å². The number of nitrogens with zero attached hydrogens (tertiary/aromatic N) is 2. The highest BCUT2D eigenvalue weighted by atomic mass is 16.5. The van der Waals surface area contributed by atoms with Crippen molar-refractivity contribution < 1.29 is 4.74 Å². The van der Waals surface area contributed by atoms with Crippen molar-refractivity contribution in [2.45, 2.75) is 44.8 Å². The van der Waals surface area contributed by atoms with Crippen LogP contribution < -0.4 is 5.73 Å². The van der Waals surface area contributed by atoms with E-state index in [4.69, 9.17) is 10.5 Å². The van der Waals surface area contributed by atoms with Gasteiger partial charge in [0.05, 0.1) is 0 Å². The van der Waals surface area contributed by atoms with E-state index in [2.05, 4.69) is 30.7 Å². The molecule has 1 heterocycles. The Morgan fingerprint density at radius 1 is 1.29 bits per heavy atom. The van der Waals surface area contributed by atoms with Crippen LogP contribution in [0.1, 0.15) is 26.7 Å². The van der Waals surface area contributed by atoms with E-state index < -0.39 is 0 Å². The Morgan fingerprint density at radius 3 is 2.41 bits per heavy atom. The molecule has 1 rings (SSSR count). The number of likely N-dealkylation sites (N-methyl/N-ethyl adjacent to an activating group) is 1. The summed E-state index contributed by atoms with van der Waals surface area (Å²) in [4.78, 5) is 4.96. The van der Waals surface area contributed by atoms with Gasteiger partial charge in [-0.25, -0.2) is 0 Å². The first-order valence-electron chi connectivity index (χ1n) is 6.73. The number of nitrogens with two attached hydrogens (primary N) is 1. The van der Waals surface area contributed by atoms with Crippen LogP contribution in [0.25, 0.3) is 0 Å². The van der Waals surface area contributed by atoms with Crippen molar-refractivity contribution in [3.05, 3.63) is 0 Å². The third kappa shape index (κ3) is 4.92. The van der Waals surface area contributed by atoms with Gasteiger partial charge in [-0.3, -0.25) is 9.80 Å². The van der Waals surface area contributed by atoms with Crippen molar-refractivity contribution in [3.8, 4) is 0 Å². The number of piperazine rings is 1. The molecule has 0 saturated carbocycles. The minimum absolute atomic E-state index is 0.285. The SMILES string of the molecule is COCCCC(N)CN1CC(C)N(C)C(C)C1. The van der Waals surface area contributed by atoms with Gasteiger partial charge in [0.2, 0.25) is 0 Å². The highest BCUT2D eigenvalue weighted by Gasteiger charge is 2.26. The van der Waals surface area contributed by atoms with Crippen LogP contribution in [0.2, 0.25) is 0 Å². The molecule has 0 radical (unpaired) electrons. The molecule has 0 amide bonds. The summed E-state index contributed by atoms with van der Waals surface area (Å²) >= 11 is 0. The van der Waals surface area contributed by atoms with Gasteiger partial charge in [0.15, 0.2) is 0 Å². The van der Waals surface area contributed by atoms with Crippen molar-refractivity contribution in [1.82, 2.24) is 9.80 Å². The van der Waals surface area contributed by atoms with Crippen molar-refractivity contribution in [2.75, 3.05) is 40.4 Å². The molecule has 0 aliphatic carbocycles. The molecular formula is C13H29N3O. The molecule has 2 N–H and O–H groups in total. The smallest absolute Gasteiger partial charge is 0.0462 e. The van der Waals surface area contributed by atoms with Crippen molar-refractivity contribution >= 4 is 0 Å². The number of methoxy groups -OCH3 is 1. The van der Waals surface area contributed by atoms with Crippen LogP contribution in [-0.4, -0.2) is 68.3 Å². The predicted octanol–water partition coefficient (Wildman–Crippen LogP) is 0.765. The topological polar surface area (TPSA) is 41.7 Å². The first-order chi connectivity index (χ1) is 8.04. The van der Waals surface area contributed by atoms with Gasteiger partial charge in [0.1, 0.15) is 0 Å². The summed E-state index contributed by atoms with van der Waals surface area (Å²) in [6.45, 7) is 8.70.